The summed E-state index contributed by atoms with van der Waals surface area (Å²) < 4.78 is 0. The lowest BCUT2D eigenvalue weighted by Gasteiger charge is -2.26. The van der Waals surface area contributed by atoms with Gasteiger partial charge in [-0.05, 0) is 62.3 Å². The van der Waals surface area contributed by atoms with Gasteiger partial charge in [0.15, 0.2) is 0 Å². The Morgan fingerprint density at radius 1 is 1.20 bits per heavy atom. The van der Waals surface area contributed by atoms with Crippen molar-refractivity contribution in [2.24, 2.45) is 11.7 Å². The zero-order valence-corrected chi connectivity index (χ0v) is 16.1. The molecule has 140 valence electrons. The third-order valence-corrected chi connectivity index (χ3v) is 4.46. The highest BCUT2D eigenvalue weighted by Gasteiger charge is 2.20. The zero-order valence-electron chi connectivity index (χ0n) is 15.3. The first-order valence-corrected chi connectivity index (χ1v) is 8.82. The second-order valence-electron chi connectivity index (χ2n) is 7.26. The molecule has 0 aromatic heterocycles. The molecule has 1 fully saturated rings. The van der Waals surface area contributed by atoms with Crippen molar-refractivity contribution in [2.45, 2.75) is 65.0 Å². The van der Waals surface area contributed by atoms with Crippen LogP contribution in [0.25, 0.3) is 0 Å². The number of nitrogens with one attached hydrogen (secondary N) is 2. The van der Waals surface area contributed by atoms with Crippen LogP contribution in [0.5, 0.6) is 0 Å². The van der Waals surface area contributed by atoms with Gasteiger partial charge >= 0.3 is 0 Å². The van der Waals surface area contributed by atoms with E-state index in [9.17, 15) is 9.59 Å². The van der Waals surface area contributed by atoms with Crippen LogP contribution in [-0.2, 0) is 4.79 Å². The van der Waals surface area contributed by atoms with E-state index in [0.717, 1.165) is 36.9 Å². The molecule has 0 saturated heterocycles. The number of hydrogen-bond donors (Lipinski definition) is 3. The van der Waals surface area contributed by atoms with E-state index < -0.39 is 0 Å². The Balaban J connectivity index is 0.00000312. The summed E-state index contributed by atoms with van der Waals surface area (Å²) in [5.41, 5.74) is 8.19. The van der Waals surface area contributed by atoms with E-state index in [2.05, 4.69) is 10.6 Å². The Morgan fingerprint density at radius 3 is 2.40 bits per heavy atom. The molecule has 2 amide bonds. The molecule has 2 rings (SSSR count). The van der Waals surface area contributed by atoms with Gasteiger partial charge in [-0.2, -0.15) is 0 Å². The van der Waals surface area contributed by atoms with E-state index in [1.807, 2.05) is 26.8 Å². The smallest absolute Gasteiger partial charge is 0.251 e. The molecular formula is C19H30ClN3O2. The maximum atomic E-state index is 12.4. The van der Waals surface area contributed by atoms with Gasteiger partial charge < -0.3 is 16.4 Å². The Kier molecular flexibility index (Phi) is 8.39. The van der Waals surface area contributed by atoms with Crippen LogP contribution in [0.15, 0.2) is 18.2 Å². The maximum Gasteiger partial charge on any atom is 0.251 e. The van der Waals surface area contributed by atoms with Gasteiger partial charge in [-0.1, -0.05) is 13.8 Å². The number of carbonyl (C=O) groups excluding carboxylic acids is 2. The molecule has 0 aliphatic heterocycles. The van der Waals surface area contributed by atoms with E-state index in [1.54, 1.807) is 12.1 Å². The van der Waals surface area contributed by atoms with Gasteiger partial charge in [-0.3, -0.25) is 9.59 Å². The van der Waals surface area contributed by atoms with Gasteiger partial charge in [-0.25, -0.2) is 0 Å². The lowest BCUT2D eigenvalue weighted by atomic mass is 9.91. The second kappa shape index (κ2) is 9.78. The van der Waals surface area contributed by atoms with Crippen molar-refractivity contribution in [3.8, 4) is 0 Å². The lowest BCUT2D eigenvalue weighted by Crippen LogP contribution is -2.40. The summed E-state index contributed by atoms with van der Waals surface area (Å²) in [5, 5.41) is 6.00. The van der Waals surface area contributed by atoms with Crippen LogP contribution in [-0.4, -0.2) is 23.9 Å². The number of amides is 2. The molecule has 0 atom stereocenters. The minimum Gasteiger partial charge on any atom is -0.349 e. The molecule has 6 heteroatoms. The van der Waals surface area contributed by atoms with E-state index in [4.69, 9.17) is 5.73 Å². The van der Waals surface area contributed by atoms with Crippen molar-refractivity contribution in [3.63, 3.8) is 0 Å². The van der Waals surface area contributed by atoms with Crippen LogP contribution in [0.3, 0.4) is 0 Å². The van der Waals surface area contributed by atoms with Gasteiger partial charge in [0.05, 0.1) is 0 Å². The monoisotopic (exact) mass is 367 g/mol. The predicted octanol–water partition coefficient (Wildman–Crippen LogP) is 3.40. The third-order valence-electron chi connectivity index (χ3n) is 4.46. The fourth-order valence-corrected chi connectivity index (χ4v) is 3.05. The van der Waals surface area contributed by atoms with E-state index in [0.29, 0.717) is 17.9 Å². The predicted molar refractivity (Wildman–Crippen MR) is 104 cm³/mol. The Bertz CT molecular complexity index is 596. The zero-order chi connectivity index (χ0) is 17.7. The topological polar surface area (TPSA) is 84.2 Å². The molecular weight excluding hydrogens is 338 g/mol. The molecule has 1 saturated carbocycles. The SMILES string of the molecule is Cc1cc(C(=O)NC2CCC(N)CC2)ccc1NC(=O)CC(C)C.Cl. The van der Waals surface area contributed by atoms with Gasteiger partial charge in [0.25, 0.3) is 5.91 Å². The molecule has 1 aliphatic rings. The minimum absolute atomic E-state index is 0. The summed E-state index contributed by atoms with van der Waals surface area (Å²) >= 11 is 0. The number of hydrogen-bond acceptors (Lipinski definition) is 3. The van der Waals surface area contributed by atoms with Crippen LogP contribution < -0.4 is 16.4 Å². The van der Waals surface area contributed by atoms with E-state index in [-0.39, 0.29) is 36.3 Å². The Labute approximate surface area is 156 Å². The fourth-order valence-electron chi connectivity index (χ4n) is 3.05. The van der Waals surface area contributed by atoms with Gasteiger partial charge in [0, 0.05) is 29.8 Å². The van der Waals surface area contributed by atoms with E-state index >= 15 is 0 Å². The van der Waals surface area contributed by atoms with Crippen molar-refractivity contribution in [2.75, 3.05) is 5.32 Å². The van der Waals surface area contributed by atoms with Crippen LogP contribution in [0.4, 0.5) is 5.69 Å². The van der Waals surface area contributed by atoms with Crippen LogP contribution in [0.1, 0.15) is 61.9 Å². The molecule has 25 heavy (non-hydrogen) atoms. The van der Waals surface area contributed by atoms with Gasteiger partial charge in [-0.15, -0.1) is 12.4 Å². The summed E-state index contributed by atoms with van der Waals surface area (Å²) in [4.78, 5) is 24.3. The highest BCUT2D eigenvalue weighted by molar-refractivity contribution is 5.96. The standard InChI is InChI=1S/C19H29N3O2.ClH/c1-12(2)10-18(23)22-17-9-4-14(11-13(17)3)19(24)21-16-7-5-15(20)6-8-16;/h4,9,11-12,15-16H,5-8,10,20H2,1-3H3,(H,21,24)(H,22,23);1H. The molecule has 0 unspecified atom stereocenters. The Morgan fingerprint density at radius 2 is 1.84 bits per heavy atom. The number of rotatable bonds is 5. The van der Waals surface area contributed by atoms with Gasteiger partial charge in [0.2, 0.25) is 5.91 Å². The van der Waals surface area contributed by atoms with Crippen molar-refractivity contribution in [1.29, 1.82) is 0 Å². The largest absolute Gasteiger partial charge is 0.349 e. The molecule has 0 spiro atoms. The Hall–Kier alpha value is -1.59. The average Bonchev–Trinajstić information content (AvgIpc) is 2.50. The maximum absolute atomic E-state index is 12.4. The lowest BCUT2D eigenvalue weighted by molar-refractivity contribution is -0.116. The van der Waals surface area contributed by atoms with Crippen molar-refractivity contribution in [1.82, 2.24) is 5.32 Å². The summed E-state index contributed by atoms with van der Waals surface area (Å²) in [7, 11) is 0. The van der Waals surface area contributed by atoms with Crippen LogP contribution in [0, 0.1) is 12.8 Å². The van der Waals surface area contributed by atoms with Crippen molar-refractivity contribution >= 4 is 29.9 Å². The molecule has 5 nitrogen and oxygen atoms in total. The highest BCUT2D eigenvalue weighted by Crippen LogP contribution is 2.20. The third kappa shape index (κ3) is 6.67. The molecule has 0 heterocycles. The van der Waals surface area contributed by atoms with Crippen LogP contribution >= 0.6 is 12.4 Å². The number of halogens is 1. The molecule has 1 aromatic rings. The molecule has 4 N–H and O–H groups in total. The highest BCUT2D eigenvalue weighted by atomic mass is 35.5. The first kappa shape index (κ1) is 21.5. The minimum atomic E-state index is -0.0568. The summed E-state index contributed by atoms with van der Waals surface area (Å²) in [6.45, 7) is 5.93. The van der Waals surface area contributed by atoms with Crippen LogP contribution in [0.2, 0.25) is 0 Å². The molecule has 1 aliphatic carbocycles. The first-order chi connectivity index (χ1) is 11.3. The normalized spacial score (nSPS) is 19.9. The number of benzene rings is 1. The summed E-state index contributed by atoms with van der Waals surface area (Å²) in [6.07, 6.45) is 4.30. The molecule has 1 aromatic carbocycles. The number of carbonyl (C=O) groups is 2. The number of aryl methyl sites for hydroxylation is 1. The first-order valence-electron chi connectivity index (χ1n) is 8.82. The van der Waals surface area contributed by atoms with Crippen molar-refractivity contribution < 1.29 is 9.59 Å². The number of anilines is 1. The fraction of sp³-hybridized carbons (Fsp3) is 0.579. The molecule has 0 radical (unpaired) electrons. The summed E-state index contributed by atoms with van der Waals surface area (Å²) in [5.74, 6) is 0.265. The summed E-state index contributed by atoms with van der Waals surface area (Å²) in [6, 6.07) is 5.88. The molecule has 0 bridgehead atoms. The average molecular weight is 368 g/mol. The quantitative estimate of drug-likeness (QED) is 0.745. The number of nitrogens with two attached hydrogens (primary N) is 1. The van der Waals surface area contributed by atoms with E-state index in [1.165, 1.54) is 0 Å². The van der Waals surface area contributed by atoms with Gasteiger partial charge in [0.1, 0.15) is 0 Å². The van der Waals surface area contributed by atoms with Crippen molar-refractivity contribution in [3.05, 3.63) is 29.3 Å². The second-order valence-corrected chi connectivity index (χ2v) is 7.26.